The second-order valence-electron chi connectivity index (χ2n) is 28.1. The van der Waals surface area contributed by atoms with Crippen molar-refractivity contribution < 1.29 is 62.5 Å². The summed E-state index contributed by atoms with van der Waals surface area (Å²) in [4.78, 5) is 125. The van der Waals surface area contributed by atoms with Crippen molar-refractivity contribution in [2.24, 2.45) is 5.92 Å². The van der Waals surface area contributed by atoms with E-state index in [1.54, 1.807) is 45.0 Å². The maximum Gasteiger partial charge on any atom is 0.339 e. The van der Waals surface area contributed by atoms with Crippen molar-refractivity contribution in [3.8, 4) is 0 Å². The third-order valence-corrected chi connectivity index (χ3v) is 19.5. The molecule has 4 unspecified atom stereocenters. The molecule has 1 aliphatic heterocycles. The molecular weight excluding hydrogens is 1390 g/mol. The van der Waals surface area contributed by atoms with E-state index >= 15 is 0 Å². The molecule has 0 spiro atoms. The number of nitro benzene ring substituents is 3. The van der Waals surface area contributed by atoms with Crippen LogP contribution < -0.4 is 16.0 Å². The average Bonchev–Trinajstić information content (AvgIpc) is 0.972. The number of nitrogens with zero attached hydrogens (tertiary/aromatic N) is 6. The molecule has 3 aromatic heterocycles. The fraction of sp³-hybridized carbons (Fsp3) is 0.321. The molecule has 25 heteroatoms. The SMILES string of the molecule is CC(C)CNC(=O)C(C)OC(=O)c1c2c(nc3ccccc13)/C(=C/c1cccc([N+](=O)[O-])c1)CCC2.CC(OC(=O)c1c2c(nc3ccccc13)/C(=C/c1cccc([N+](=O)[O-])c1)CCC2)C(=O)NC1CC1.CC(OC(=O)c1c2c(nc3ccccc13)/C(=C/c1cccc([N+](=O)[O-])c1)CCC2)C(=O)NCC1CCCO1. The van der Waals surface area contributed by atoms with Crippen molar-refractivity contribution in [3.63, 3.8) is 0 Å². The molecule has 2 fully saturated rings. The number of non-ortho nitro benzene ring substituents is 3. The first-order chi connectivity index (χ1) is 52.5. The number of fused-ring (bicyclic) bond motifs is 6. The number of nitro groups is 3. The fourth-order valence-electron chi connectivity index (χ4n) is 13.9. The number of carbonyl (C=O) groups is 6. The van der Waals surface area contributed by atoms with E-state index in [2.05, 4.69) is 16.0 Å². The predicted molar refractivity (Wildman–Crippen MR) is 413 cm³/mol. The van der Waals surface area contributed by atoms with Gasteiger partial charge in [-0.2, -0.15) is 0 Å². The Morgan fingerprint density at radius 1 is 0.459 bits per heavy atom. The number of allylic oxidation sites excluding steroid dienone is 3. The summed E-state index contributed by atoms with van der Waals surface area (Å²) in [6, 6.07) is 41.6. The zero-order valence-electron chi connectivity index (χ0n) is 61.1. The van der Waals surface area contributed by atoms with E-state index in [4.69, 9.17) is 33.9 Å². The van der Waals surface area contributed by atoms with Crippen molar-refractivity contribution in [1.29, 1.82) is 0 Å². The summed E-state index contributed by atoms with van der Waals surface area (Å²) < 4.78 is 22.5. The quantitative estimate of drug-likeness (QED) is 0.0276. The molecule has 560 valence electrons. The minimum atomic E-state index is -0.977. The molecule has 1 saturated carbocycles. The van der Waals surface area contributed by atoms with Gasteiger partial charge in [0.2, 0.25) is 0 Å². The lowest BCUT2D eigenvalue weighted by atomic mass is 9.86. The van der Waals surface area contributed by atoms with Gasteiger partial charge in [0.1, 0.15) is 0 Å². The molecule has 0 bridgehead atoms. The van der Waals surface area contributed by atoms with Crippen LogP contribution in [0.5, 0.6) is 0 Å². The maximum atomic E-state index is 13.5. The lowest BCUT2D eigenvalue weighted by molar-refractivity contribution is -0.385. The Hall–Kier alpha value is -12.3. The number of hydrogen-bond donors (Lipinski definition) is 3. The van der Waals surface area contributed by atoms with Crippen molar-refractivity contribution in [1.82, 2.24) is 30.9 Å². The van der Waals surface area contributed by atoms with Gasteiger partial charge in [-0.05, 0) is 197 Å². The summed E-state index contributed by atoms with van der Waals surface area (Å²) in [5.41, 5.74) is 12.4. The highest BCUT2D eigenvalue weighted by atomic mass is 16.6. The molecule has 25 nitrogen and oxygen atoms in total. The van der Waals surface area contributed by atoms with Crippen LogP contribution in [-0.4, -0.2) is 116 Å². The van der Waals surface area contributed by atoms with E-state index < -0.39 is 51.0 Å². The standard InChI is InChI=1S/C29H29N3O6.C28H29N3O5.C27H25N3O5/c1-18(28(33)30-17-22-10-6-14-37-22)38-29(34)26-23-11-2-3-13-25(23)31-27-20(8-5-12-24(26)27)15-19-7-4-9-21(16-19)32(35)36;1-17(2)16-29-27(32)18(3)36-28(33)25-22-11-4-5-13-24(22)30-26-20(9-7-12-23(25)26)14-19-8-6-10-21(15-19)31(34)35;1-16(26(31)28-19-12-13-19)35-27(32)24-21-9-2-3-11-23(21)29-25-18(7-5-10-22(24)25)14-17-6-4-8-20(15-17)30(33)34/h2-4,7,9,11,13,15-16,18,22H,5-6,8,10,12,14,17H2,1H3,(H,30,33);4-6,8,10-11,13-15,17-18H,7,9,12,16H2,1-3H3,(H,29,32);2-4,6,8-9,11,14-16,19H,5,7,10,12-13H2,1H3,(H,28,31)/b20-15+;20-14+;18-14+. The Labute approximate surface area is 628 Å². The Balaban J connectivity index is 0.000000153. The van der Waals surface area contributed by atoms with Gasteiger partial charge in [0.05, 0.1) is 71.2 Å². The maximum absolute atomic E-state index is 13.5. The first kappa shape index (κ1) is 76.4. The summed E-state index contributed by atoms with van der Waals surface area (Å²) in [6.07, 6.45) is 13.1. The highest BCUT2D eigenvalue weighted by Crippen LogP contribution is 2.41. The topological polar surface area (TPSA) is 344 Å². The Morgan fingerprint density at radius 3 is 1.16 bits per heavy atom. The van der Waals surface area contributed by atoms with Crippen molar-refractivity contribution in [3.05, 3.63) is 243 Å². The first-order valence-corrected chi connectivity index (χ1v) is 36.8. The lowest BCUT2D eigenvalue weighted by Gasteiger charge is -2.23. The number of amides is 3. The van der Waals surface area contributed by atoms with Gasteiger partial charge in [-0.3, -0.25) is 44.7 Å². The minimum Gasteiger partial charge on any atom is -0.449 e. The molecule has 3 amide bonds. The molecule has 4 aliphatic carbocycles. The number of carbonyl (C=O) groups excluding carboxylic acids is 6. The van der Waals surface area contributed by atoms with E-state index in [-0.39, 0.29) is 52.8 Å². The summed E-state index contributed by atoms with van der Waals surface area (Å²) in [6.45, 7) is 10.3. The van der Waals surface area contributed by atoms with Gasteiger partial charge in [-0.15, -0.1) is 0 Å². The lowest BCUT2D eigenvalue weighted by Crippen LogP contribution is -2.39. The molecule has 3 N–H and O–H groups in total. The molecule has 4 atom stereocenters. The number of hydrogen-bond acceptors (Lipinski definition) is 19. The molecule has 14 rings (SSSR count). The van der Waals surface area contributed by atoms with Crippen LogP contribution in [0.2, 0.25) is 0 Å². The van der Waals surface area contributed by atoms with Gasteiger partial charge < -0.3 is 34.9 Å². The summed E-state index contributed by atoms with van der Waals surface area (Å²) in [5, 5.41) is 44.2. The second-order valence-corrected chi connectivity index (χ2v) is 28.1. The highest BCUT2D eigenvalue weighted by molar-refractivity contribution is 6.10. The molecule has 0 radical (unpaired) electrons. The van der Waals surface area contributed by atoms with Crippen LogP contribution in [0.1, 0.15) is 180 Å². The number of rotatable bonds is 20. The van der Waals surface area contributed by atoms with Crippen molar-refractivity contribution in [2.45, 2.75) is 149 Å². The van der Waals surface area contributed by atoms with Gasteiger partial charge in [-0.1, -0.05) is 105 Å². The van der Waals surface area contributed by atoms with E-state index in [1.807, 2.05) is 117 Å². The minimum absolute atomic E-state index is 0.00531. The zero-order chi connectivity index (χ0) is 77.0. The van der Waals surface area contributed by atoms with E-state index in [1.165, 1.54) is 36.4 Å². The number of pyridine rings is 3. The van der Waals surface area contributed by atoms with E-state index in [0.717, 1.165) is 97.6 Å². The monoisotopic (exact) mass is 1470 g/mol. The van der Waals surface area contributed by atoms with Gasteiger partial charge in [0.25, 0.3) is 34.8 Å². The summed E-state index contributed by atoms with van der Waals surface area (Å²) in [5.74, 6) is -2.40. The van der Waals surface area contributed by atoms with E-state index in [0.29, 0.717) is 122 Å². The largest absolute Gasteiger partial charge is 0.449 e. The van der Waals surface area contributed by atoms with Crippen LogP contribution in [0.3, 0.4) is 0 Å². The molecule has 109 heavy (non-hydrogen) atoms. The Morgan fingerprint density at radius 2 is 0.817 bits per heavy atom. The van der Waals surface area contributed by atoms with Gasteiger partial charge >= 0.3 is 17.9 Å². The zero-order valence-corrected chi connectivity index (χ0v) is 61.1. The van der Waals surface area contributed by atoms with Crippen molar-refractivity contribution in [2.75, 3.05) is 19.7 Å². The highest BCUT2D eigenvalue weighted by Gasteiger charge is 2.34. The van der Waals surface area contributed by atoms with Gasteiger partial charge in [0, 0.05) is 78.3 Å². The van der Waals surface area contributed by atoms with Crippen LogP contribution in [0.25, 0.3) is 67.7 Å². The Kier molecular flexibility index (Phi) is 24.2. The normalized spacial score (nSPS) is 16.9. The number of para-hydroxylation sites is 3. The van der Waals surface area contributed by atoms with Crippen molar-refractivity contribution >= 4 is 120 Å². The molecule has 5 aliphatic rings. The number of esters is 3. The van der Waals surface area contributed by atoms with Crippen LogP contribution in [0.15, 0.2) is 146 Å². The van der Waals surface area contributed by atoms with Crippen LogP contribution in [0.4, 0.5) is 17.1 Å². The second kappa shape index (κ2) is 34.5. The molecule has 1 saturated heterocycles. The average molecular weight is 1470 g/mol. The number of benzene rings is 6. The van der Waals surface area contributed by atoms with Crippen LogP contribution in [0, 0.1) is 36.3 Å². The molecular formula is C84H83N9O16. The third-order valence-electron chi connectivity index (χ3n) is 19.5. The number of ether oxygens (including phenoxy) is 4. The molecule has 9 aromatic rings. The van der Waals surface area contributed by atoms with E-state index in [9.17, 15) is 59.1 Å². The fourth-order valence-corrected chi connectivity index (χ4v) is 13.9. The summed E-state index contributed by atoms with van der Waals surface area (Å²) >= 11 is 0. The smallest absolute Gasteiger partial charge is 0.339 e. The molecule has 4 heterocycles. The predicted octanol–water partition coefficient (Wildman–Crippen LogP) is 15.0. The van der Waals surface area contributed by atoms with Gasteiger partial charge in [-0.25, -0.2) is 29.3 Å². The summed E-state index contributed by atoms with van der Waals surface area (Å²) in [7, 11) is 0. The number of nitrogens with one attached hydrogen (secondary N) is 3. The Bertz CT molecular complexity index is 5170. The third kappa shape index (κ3) is 18.6. The van der Waals surface area contributed by atoms with Crippen LogP contribution >= 0.6 is 0 Å². The van der Waals surface area contributed by atoms with Gasteiger partial charge in [0.15, 0.2) is 18.3 Å². The van der Waals surface area contributed by atoms with Crippen LogP contribution in [-0.2, 0) is 52.6 Å². The first-order valence-electron chi connectivity index (χ1n) is 36.8. The number of aromatic nitrogens is 3. The molecule has 6 aromatic carbocycles.